The minimum atomic E-state index is 0.137. The Morgan fingerprint density at radius 3 is 3.00 bits per heavy atom. The third-order valence-electron chi connectivity index (χ3n) is 2.73. The molecule has 70 valence electrons. The van der Waals surface area contributed by atoms with Crippen LogP contribution in [0.15, 0.2) is 18.2 Å². The van der Waals surface area contributed by atoms with Crippen LogP contribution in [0.2, 0.25) is 0 Å². The van der Waals surface area contributed by atoms with E-state index < -0.39 is 0 Å². The predicted octanol–water partition coefficient (Wildman–Crippen LogP) is 2.24. The molecule has 2 heteroatoms. The second kappa shape index (κ2) is 3.04. The van der Waals surface area contributed by atoms with E-state index in [-0.39, 0.29) is 6.04 Å². The van der Waals surface area contributed by atoms with Gasteiger partial charge in [0.15, 0.2) is 0 Å². The van der Waals surface area contributed by atoms with Crippen LogP contribution in [0.5, 0.6) is 0 Å². The smallest absolute Gasteiger partial charge is 0.0376 e. The van der Waals surface area contributed by atoms with E-state index in [4.69, 9.17) is 5.73 Å². The maximum absolute atomic E-state index is 5.83. The highest BCUT2D eigenvalue weighted by Gasteiger charge is 2.18. The molecule has 0 saturated heterocycles. The van der Waals surface area contributed by atoms with Gasteiger partial charge in [-0.15, -0.1) is 0 Å². The maximum Gasteiger partial charge on any atom is 0.0376 e. The second-order valence-electron chi connectivity index (χ2n) is 3.92. The highest BCUT2D eigenvalue weighted by Crippen LogP contribution is 2.32. The molecule has 2 unspecified atom stereocenters. The van der Waals surface area contributed by atoms with Crippen molar-refractivity contribution in [2.24, 2.45) is 5.73 Å². The van der Waals surface area contributed by atoms with E-state index in [0.29, 0.717) is 5.92 Å². The number of benzene rings is 1. The van der Waals surface area contributed by atoms with Crippen LogP contribution in [-0.4, -0.2) is 6.54 Å². The van der Waals surface area contributed by atoms with E-state index in [0.717, 1.165) is 6.54 Å². The van der Waals surface area contributed by atoms with Gasteiger partial charge in [-0.2, -0.15) is 0 Å². The van der Waals surface area contributed by atoms with Crippen LogP contribution >= 0.6 is 0 Å². The lowest BCUT2D eigenvalue weighted by atomic mass is 9.99. The van der Waals surface area contributed by atoms with Crippen molar-refractivity contribution in [3.05, 3.63) is 29.3 Å². The molecule has 1 aromatic rings. The largest absolute Gasteiger partial charge is 0.384 e. The first-order valence-electron chi connectivity index (χ1n) is 4.82. The van der Waals surface area contributed by atoms with Gasteiger partial charge in [0, 0.05) is 24.2 Å². The topological polar surface area (TPSA) is 38.0 Å². The standard InChI is InChI=1S/C11H16N2/c1-7-6-13-11-4-3-9(8(2)12)5-10(7)11/h3-5,7-8,13H,6,12H2,1-2H3. The molecule has 2 nitrogen and oxygen atoms in total. The summed E-state index contributed by atoms with van der Waals surface area (Å²) in [6.07, 6.45) is 0. The molecule has 0 fully saturated rings. The van der Waals surface area contributed by atoms with Crippen molar-refractivity contribution in [1.29, 1.82) is 0 Å². The van der Waals surface area contributed by atoms with Crippen molar-refractivity contribution in [3.63, 3.8) is 0 Å². The predicted molar refractivity (Wildman–Crippen MR) is 55.9 cm³/mol. The van der Waals surface area contributed by atoms with Gasteiger partial charge >= 0.3 is 0 Å². The summed E-state index contributed by atoms with van der Waals surface area (Å²) < 4.78 is 0. The Balaban J connectivity index is 2.42. The fourth-order valence-corrected chi connectivity index (χ4v) is 1.81. The first kappa shape index (κ1) is 8.57. The van der Waals surface area contributed by atoms with Crippen LogP contribution < -0.4 is 11.1 Å². The van der Waals surface area contributed by atoms with Gasteiger partial charge in [0.05, 0.1) is 0 Å². The van der Waals surface area contributed by atoms with Crippen molar-refractivity contribution in [3.8, 4) is 0 Å². The first-order valence-corrected chi connectivity index (χ1v) is 4.82. The summed E-state index contributed by atoms with van der Waals surface area (Å²) in [5, 5.41) is 3.38. The van der Waals surface area contributed by atoms with Gasteiger partial charge in [-0.3, -0.25) is 0 Å². The van der Waals surface area contributed by atoms with Crippen molar-refractivity contribution in [2.45, 2.75) is 25.8 Å². The van der Waals surface area contributed by atoms with Crippen molar-refractivity contribution >= 4 is 5.69 Å². The molecule has 0 aromatic heterocycles. The monoisotopic (exact) mass is 176 g/mol. The summed E-state index contributed by atoms with van der Waals surface area (Å²) in [5.41, 5.74) is 9.75. The van der Waals surface area contributed by atoms with Gasteiger partial charge in [0.25, 0.3) is 0 Å². The van der Waals surface area contributed by atoms with Crippen molar-refractivity contribution in [2.75, 3.05) is 11.9 Å². The molecule has 0 aliphatic carbocycles. The molecule has 0 bridgehead atoms. The zero-order chi connectivity index (χ0) is 9.42. The van der Waals surface area contributed by atoms with Crippen LogP contribution in [0.4, 0.5) is 5.69 Å². The number of hydrogen-bond acceptors (Lipinski definition) is 2. The van der Waals surface area contributed by atoms with Crippen LogP contribution in [0.3, 0.4) is 0 Å². The average Bonchev–Trinajstić information content (AvgIpc) is 2.47. The Kier molecular flexibility index (Phi) is 2.00. The van der Waals surface area contributed by atoms with Crippen molar-refractivity contribution < 1.29 is 0 Å². The summed E-state index contributed by atoms with van der Waals surface area (Å²) in [6.45, 7) is 5.32. The summed E-state index contributed by atoms with van der Waals surface area (Å²) in [6, 6.07) is 6.61. The SMILES string of the molecule is CC(N)c1ccc2c(c1)C(C)CN2. The minimum Gasteiger partial charge on any atom is -0.384 e. The number of hydrogen-bond donors (Lipinski definition) is 2. The molecule has 2 atom stereocenters. The van der Waals surface area contributed by atoms with Crippen LogP contribution in [0.25, 0.3) is 0 Å². The van der Waals surface area contributed by atoms with Crippen LogP contribution in [0, 0.1) is 0 Å². The molecular formula is C11H16N2. The summed E-state index contributed by atoms with van der Waals surface area (Å²) in [5.74, 6) is 0.619. The minimum absolute atomic E-state index is 0.137. The number of nitrogens with two attached hydrogens (primary N) is 1. The first-order chi connectivity index (χ1) is 6.18. The van der Waals surface area contributed by atoms with E-state index in [1.165, 1.54) is 16.8 Å². The molecule has 13 heavy (non-hydrogen) atoms. The molecule has 1 aliphatic heterocycles. The Morgan fingerprint density at radius 2 is 2.31 bits per heavy atom. The molecule has 0 spiro atoms. The average molecular weight is 176 g/mol. The van der Waals surface area contributed by atoms with E-state index in [9.17, 15) is 0 Å². The molecule has 1 heterocycles. The number of nitrogens with one attached hydrogen (secondary N) is 1. The van der Waals surface area contributed by atoms with Gasteiger partial charge in [0.1, 0.15) is 0 Å². The lowest BCUT2D eigenvalue weighted by molar-refractivity contribution is 0.806. The molecular weight excluding hydrogens is 160 g/mol. The van der Waals surface area contributed by atoms with Gasteiger partial charge in [-0.05, 0) is 24.1 Å². The zero-order valence-corrected chi connectivity index (χ0v) is 8.17. The molecule has 0 amide bonds. The van der Waals surface area contributed by atoms with Gasteiger partial charge in [0.2, 0.25) is 0 Å². The maximum atomic E-state index is 5.83. The van der Waals surface area contributed by atoms with Crippen molar-refractivity contribution in [1.82, 2.24) is 0 Å². The number of rotatable bonds is 1. The Labute approximate surface area is 79.1 Å². The summed E-state index contributed by atoms with van der Waals surface area (Å²) in [4.78, 5) is 0. The Bertz CT molecular complexity index is 318. The highest BCUT2D eigenvalue weighted by molar-refractivity contribution is 5.58. The fraction of sp³-hybridized carbons (Fsp3) is 0.455. The third kappa shape index (κ3) is 1.42. The quantitative estimate of drug-likeness (QED) is 0.688. The van der Waals surface area contributed by atoms with Gasteiger partial charge in [-0.1, -0.05) is 19.1 Å². The Morgan fingerprint density at radius 1 is 1.54 bits per heavy atom. The second-order valence-corrected chi connectivity index (χ2v) is 3.92. The fourth-order valence-electron chi connectivity index (χ4n) is 1.81. The number of fused-ring (bicyclic) bond motifs is 1. The zero-order valence-electron chi connectivity index (χ0n) is 8.17. The highest BCUT2D eigenvalue weighted by atomic mass is 14.9. The van der Waals surface area contributed by atoms with Crippen LogP contribution in [-0.2, 0) is 0 Å². The lowest BCUT2D eigenvalue weighted by Gasteiger charge is -2.09. The molecule has 0 radical (unpaired) electrons. The van der Waals surface area contributed by atoms with Crippen LogP contribution in [0.1, 0.15) is 36.9 Å². The molecule has 1 aromatic carbocycles. The molecule has 0 saturated carbocycles. The summed E-state index contributed by atoms with van der Waals surface area (Å²) in [7, 11) is 0. The molecule has 1 aliphatic rings. The van der Waals surface area contributed by atoms with E-state index in [1.807, 2.05) is 6.92 Å². The lowest BCUT2D eigenvalue weighted by Crippen LogP contribution is -2.05. The van der Waals surface area contributed by atoms with Gasteiger partial charge < -0.3 is 11.1 Å². The molecule has 3 N–H and O–H groups in total. The molecule has 2 rings (SSSR count). The van der Waals surface area contributed by atoms with E-state index >= 15 is 0 Å². The van der Waals surface area contributed by atoms with E-state index in [2.05, 4.69) is 30.4 Å². The van der Waals surface area contributed by atoms with Gasteiger partial charge in [-0.25, -0.2) is 0 Å². The number of anilines is 1. The normalized spacial score (nSPS) is 22.2. The third-order valence-corrected chi connectivity index (χ3v) is 2.73. The summed E-state index contributed by atoms with van der Waals surface area (Å²) >= 11 is 0. The Hall–Kier alpha value is -1.02. The van der Waals surface area contributed by atoms with E-state index in [1.54, 1.807) is 0 Å².